The molecule has 116 valence electrons. The summed E-state index contributed by atoms with van der Waals surface area (Å²) in [4.78, 5) is 12.1. The maximum Gasteiger partial charge on any atom is 0.262 e. The Morgan fingerprint density at radius 2 is 1.95 bits per heavy atom. The fourth-order valence-electron chi connectivity index (χ4n) is 2.22. The van der Waals surface area contributed by atoms with Gasteiger partial charge in [0, 0.05) is 10.2 Å². The van der Waals surface area contributed by atoms with Crippen LogP contribution in [-0.2, 0) is 4.79 Å². The van der Waals surface area contributed by atoms with Gasteiger partial charge in [-0.25, -0.2) is 0 Å². The Balaban J connectivity index is 1.99. The minimum atomic E-state index is -0.157. The van der Waals surface area contributed by atoms with E-state index >= 15 is 0 Å². The molecule has 0 aromatic heterocycles. The van der Waals surface area contributed by atoms with Crippen molar-refractivity contribution < 1.29 is 9.53 Å². The second-order valence-electron chi connectivity index (χ2n) is 5.49. The molecule has 1 N–H and O–H groups in total. The third-order valence-electron chi connectivity index (χ3n) is 3.35. The molecular weight excluding hydrogens is 342 g/mol. The average Bonchev–Trinajstić information content (AvgIpc) is 2.46. The minimum Gasteiger partial charge on any atom is -0.483 e. The second-order valence-corrected chi connectivity index (χ2v) is 6.40. The molecule has 0 saturated carbocycles. The summed E-state index contributed by atoms with van der Waals surface area (Å²) >= 11 is 3.41. The highest BCUT2D eigenvalue weighted by Crippen LogP contribution is 2.24. The molecular formula is C18H20BrNO2. The van der Waals surface area contributed by atoms with Crippen LogP contribution in [0.15, 0.2) is 46.9 Å². The summed E-state index contributed by atoms with van der Waals surface area (Å²) in [6.45, 7) is 6.15. The predicted molar refractivity (Wildman–Crippen MR) is 93.5 cm³/mol. The lowest BCUT2D eigenvalue weighted by Crippen LogP contribution is -2.21. The van der Waals surface area contributed by atoms with Crippen LogP contribution < -0.4 is 10.1 Å². The second kappa shape index (κ2) is 7.45. The Bertz CT molecular complexity index is 668. The Hall–Kier alpha value is -1.81. The van der Waals surface area contributed by atoms with Crippen LogP contribution >= 0.6 is 15.9 Å². The van der Waals surface area contributed by atoms with Gasteiger partial charge < -0.3 is 10.1 Å². The number of benzene rings is 2. The van der Waals surface area contributed by atoms with E-state index in [-0.39, 0.29) is 12.5 Å². The van der Waals surface area contributed by atoms with Crippen LogP contribution in [0.1, 0.15) is 30.9 Å². The Labute approximate surface area is 139 Å². The molecule has 0 spiro atoms. The Morgan fingerprint density at radius 1 is 1.23 bits per heavy atom. The number of nitrogens with one attached hydrogen (secondary N) is 1. The van der Waals surface area contributed by atoms with Gasteiger partial charge in [0.25, 0.3) is 5.91 Å². The lowest BCUT2D eigenvalue weighted by Gasteiger charge is -2.14. The van der Waals surface area contributed by atoms with Crippen molar-refractivity contribution >= 4 is 27.5 Å². The first-order chi connectivity index (χ1) is 10.5. The molecule has 2 rings (SSSR count). The Kier molecular flexibility index (Phi) is 5.61. The molecule has 22 heavy (non-hydrogen) atoms. The fraction of sp³-hybridized carbons (Fsp3) is 0.278. The van der Waals surface area contributed by atoms with E-state index in [1.165, 1.54) is 0 Å². The highest BCUT2D eigenvalue weighted by atomic mass is 79.9. The zero-order chi connectivity index (χ0) is 16.1. The van der Waals surface area contributed by atoms with E-state index in [1.54, 1.807) is 0 Å². The van der Waals surface area contributed by atoms with Crippen LogP contribution in [-0.4, -0.2) is 12.5 Å². The first-order valence-corrected chi connectivity index (χ1v) is 8.04. The van der Waals surface area contributed by atoms with Crippen molar-refractivity contribution in [2.24, 2.45) is 0 Å². The van der Waals surface area contributed by atoms with Crippen molar-refractivity contribution in [3.8, 4) is 5.75 Å². The lowest BCUT2D eigenvalue weighted by atomic mass is 10.0. The van der Waals surface area contributed by atoms with Crippen molar-refractivity contribution in [2.45, 2.75) is 26.7 Å². The molecule has 0 bridgehead atoms. The van der Waals surface area contributed by atoms with Crippen molar-refractivity contribution in [2.75, 3.05) is 11.9 Å². The van der Waals surface area contributed by atoms with Gasteiger partial charge in [0.2, 0.25) is 0 Å². The average molecular weight is 362 g/mol. The van der Waals surface area contributed by atoms with Gasteiger partial charge in [-0.05, 0) is 48.2 Å². The van der Waals surface area contributed by atoms with Crippen molar-refractivity contribution in [1.82, 2.24) is 0 Å². The van der Waals surface area contributed by atoms with Gasteiger partial charge in [-0.1, -0.05) is 48.0 Å². The fourth-order valence-corrected chi connectivity index (χ4v) is 2.69. The number of para-hydroxylation sites is 1. The van der Waals surface area contributed by atoms with Gasteiger partial charge in [-0.2, -0.15) is 0 Å². The first-order valence-electron chi connectivity index (χ1n) is 7.25. The molecule has 0 aliphatic rings. The number of rotatable bonds is 5. The lowest BCUT2D eigenvalue weighted by molar-refractivity contribution is -0.118. The van der Waals surface area contributed by atoms with Crippen LogP contribution in [0.5, 0.6) is 5.75 Å². The number of aryl methyl sites for hydroxylation is 1. The SMILES string of the molecule is Cc1cc(Br)ccc1OCC(=O)Nc1ccccc1C(C)C. The summed E-state index contributed by atoms with van der Waals surface area (Å²) in [5.41, 5.74) is 2.96. The van der Waals surface area contributed by atoms with E-state index in [1.807, 2.05) is 49.4 Å². The normalized spacial score (nSPS) is 10.6. The molecule has 0 aliphatic carbocycles. The number of hydrogen-bond donors (Lipinski definition) is 1. The smallest absolute Gasteiger partial charge is 0.262 e. The molecule has 0 aliphatic heterocycles. The highest BCUT2D eigenvalue weighted by molar-refractivity contribution is 9.10. The minimum absolute atomic E-state index is 0.00506. The van der Waals surface area contributed by atoms with E-state index in [4.69, 9.17) is 4.74 Å². The highest BCUT2D eigenvalue weighted by Gasteiger charge is 2.10. The molecule has 2 aromatic rings. The van der Waals surface area contributed by atoms with E-state index in [2.05, 4.69) is 35.1 Å². The molecule has 0 saturated heterocycles. The molecule has 0 radical (unpaired) electrons. The number of halogens is 1. The standard InChI is InChI=1S/C18H20BrNO2/c1-12(2)15-6-4-5-7-16(15)20-18(21)11-22-17-9-8-14(19)10-13(17)3/h4-10,12H,11H2,1-3H3,(H,20,21). The number of hydrogen-bond acceptors (Lipinski definition) is 2. The maximum atomic E-state index is 12.1. The van der Waals surface area contributed by atoms with E-state index in [0.29, 0.717) is 5.92 Å². The van der Waals surface area contributed by atoms with Gasteiger partial charge in [0.1, 0.15) is 5.75 Å². The monoisotopic (exact) mass is 361 g/mol. The Morgan fingerprint density at radius 3 is 2.64 bits per heavy atom. The summed E-state index contributed by atoms with van der Waals surface area (Å²) in [5.74, 6) is 0.914. The topological polar surface area (TPSA) is 38.3 Å². The van der Waals surface area contributed by atoms with Crippen LogP contribution in [0.25, 0.3) is 0 Å². The summed E-state index contributed by atoms with van der Waals surface area (Å²) in [7, 11) is 0. The summed E-state index contributed by atoms with van der Waals surface area (Å²) in [5, 5.41) is 2.92. The van der Waals surface area contributed by atoms with Crippen LogP contribution in [0.3, 0.4) is 0 Å². The van der Waals surface area contributed by atoms with Gasteiger partial charge in [0.05, 0.1) is 0 Å². The van der Waals surface area contributed by atoms with Crippen molar-refractivity contribution in [1.29, 1.82) is 0 Å². The maximum absolute atomic E-state index is 12.1. The third kappa shape index (κ3) is 4.34. The van der Waals surface area contributed by atoms with Crippen molar-refractivity contribution in [3.05, 3.63) is 58.1 Å². The molecule has 2 aromatic carbocycles. The van der Waals surface area contributed by atoms with Gasteiger partial charge in [-0.15, -0.1) is 0 Å². The first kappa shape index (κ1) is 16.6. The molecule has 1 amide bonds. The van der Waals surface area contributed by atoms with Gasteiger partial charge in [-0.3, -0.25) is 4.79 Å². The molecule has 0 unspecified atom stereocenters. The molecule has 0 atom stereocenters. The number of ether oxygens (including phenoxy) is 1. The summed E-state index contributed by atoms with van der Waals surface area (Å²) < 4.78 is 6.59. The summed E-state index contributed by atoms with van der Waals surface area (Å²) in [6, 6.07) is 13.6. The van der Waals surface area contributed by atoms with E-state index < -0.39 is 0 Å². The molecule has 0 heterocycles. The zero-order valence-corrected chi connectivity index (χ0v) is 14.6. The number of carbonyl (C=O) groups is 1. The van der Waals surface area contributed by atoms with Crippen LogP contribution in [0, 0.1) is 6.92 Å². The molecule has 0 fully saturated rings. The number of amides is 1. The quantitative estimate of drug-likeness (QED) is 0.822. The predicted octanol–water partition coefficient (Wildman–Crippen LogP) is 4.90. The summed E-state index contributed by atoms with van der Waals surface area (Å²) in [6.07, 6.45) is 0. The van der Waals surface area contributed by atoms with Crippen LogP contribution in [0.4, 0.5) is 5.69 Å². The van der Waals surface area contributed by atoms with E-state index in [9.17, 15) is 4.79 Å². The number of anilines is 1. The molecule has 3 nitrogen and oxygen atoms in total. The molecule has 4 heteroatoms. The number of carbonyl (C=O) groups excluding carboxylic acids is 1. The zero-order valence-electron chi connectivity index (χ0n) is 13.0. The van der Waals surface area contributed by atoms with Crippen molar-refractivity contribution in [3.63, 3.8) is 0 Å². The third-order valence-corrected chi connectivity index (χ3v) is 3.85. The van der Waals surface area contributed by atoms with Gasteiger partial charge >= 0.3 is 0 Å². The van der Waals surface area contributed by atoms with Crippen LogP contribution in [0.2, 0.25) is 0 Å². The van der Waals surface area contributed by atoms with Gasteiger partial charge in [0.15, 0.2) is 6.61 Å². The largest absolute Gasteiger partial charge is 0.483 e. The van der Waals surface area contributed by atoms with E-state index in [0.717, 1.165) is 27.0 Å².